The van der Waals surface area contributed by atoms with Gasteiger partial charge in [0.25, 0.3) is 0 Å². The molecule has 1 aliphatic heterocycles. The lowest BCUT2D eigenvalue weighted by molar-refractivity contribution is 0.0593. The molecule has 0 bridgehead atoms. The number of phenolic OH excluding ortho intramolecular Hbond substituents is 1. The molecule has 0 radical (unpaired) electrons. The predicted octanol–water partition coefficient (Wildman–Crippen LogP) is 6.02. The molecule has 6 rings (SSSR count). The van der Waals surface area contributed by atoms with E-state index in [0.717, 1.165) is 62.1 Å². The van der Waals surface area contributed by atoms with Gasteiger partial charge in [-0.1, -0.05) is 78.9 Å². The number of carbonyl (C=O) groups is 1. The summed E-state index contributed by atoms with van der Waals surface area (Å²) in [4.78, 5) is 29.5. The largest absolute Gasteiger partial charge is 0.506 e. The van der Waals surface area contributed by atoms with E-state index < -0.39 is 12.2 Å². The monoisotopic (exact) mass is 646 g/mol. The Morgan fingerprint density at radius 1 is 0.875 bits per heavy atom. The molecule has 9 nitrogen and oxygen atoms in total. The second-order valence-electron chi connectivity index (χ2n) is 12.3. The number of anilines is 1. The molecular formula is C39H42N4O5. The van der Waals surface area contributed by atoms with Gasteiger partial charge in [-0.3, -0.25) is 10.1 Å². The summed E-state index contributed by atoms with van der Waals surface area (Å²) in [6.07, 6.45) is 2.14. The van der Waals surface area contributed by atoms with Crippen LogP contribution in [0.15, 0.2) is 108 Å². The Labute approximate surface area is 280 Å². The van der Waals surface area contributed by atoms with E-state index in [4.69, 9.17) is 4.74 Å². The molecule has 1 fully saturated rings. The van der Waals surface area contributed by atoms with Crippen LogP contribution < -0.4 is 16.2 Å². The predicted molar refractivity (Wildman–Crippen MR) is 189 cm³/mol. The van der Waals surface area contributed by atoms with Crippen LogP contribution in [-0.2, 0) is 17.6 Å². The number of aromatic hydroxyl groups is 1. The van der Waals surface area contributed by atoms with E-state index in [0.29, 0.717) is 29.6 Å². The number of phenols is 1. The molecule has 0 saturated carbocycles. The number of aliphatic hydroxyl groups is 1. The molecule has 4 aromatic carbocycles. The molecule has 5 aromatic rings. The first-order valence-electron chi connectivity index (χ1n) is 16.6. The number of pyridine rings is 1. The van der Waals surface area contributed by atoms with Crippen molar-refractivity contribution in [3.05, 3.63) is 130 Å². The van der Waals surface area contributed by atoms with E-state index >= 15 is 0 Å². The summed E-state index contributed by atoms with van der Waals surface area (Å²) in [5, 5.41) is 27.7. The topological polar surface area (TPSA) is 127 Å². The quantitative estimate of drug-likeness (QED) is 0.105. The number of aromatic amines is 1. The number of likely N-dealkylation sites (tertiary alicyclic amines) is 1. The molecule has 9 heteroatoms. The van der Waals surface area contributed by atoms with E-state index in [1.54, 1.807) is 12.1 Å². The van der Waals surface area contributed by atoms with Gasteiger partial charge in [-0.05, 0) is 72.7 Å². The average Bonchev–Trinajstić information content (AvgIpc) is 3.11. The molecule has 0 spiro atoms. The number of hydrogen-bond acceptors (Lipinski definition) is 7. The van der Waals surface area contributed by atoms with Gasteiger partial charge < -0.3 is 30.2 Å². The number of benzene rings is 4. The lowest BCUT2D eigenvalue weighted by atomic mass is 10.0. The number of fused-ring (bicyclic) bond motifs is 1. The third kappa shape index (κ3) is 8.49. The molecule has 1 amide bonds. The standard InChI is InChI=1S/C39H42N4O5/c44-35-16-14-32(33-15-17-37(46)42-38(33)35)36(45)26-40-22-18-27-10-12-28(13-11-27)19-23-43-24-20-30(21-25-43)48-39(47)41-34-9-5-4-8-31(34)29-6-2-1-3-7-29/h1-17,30,36,40,44-45H,18-26H2,(H,41,47)(H,42,46)/t36-/m1/s1. The number of aliphatic hydroxyl groups excluding tert-OH is 1. The second-order valence-corrected chi connectivity index (χ2v) is 12.3. The highest BCUT2D eigenvalue weighted by molar-refractivity contribution is 5.91. The molecule has 1 atom stereocenters. The highest BCUT2D eigenvalue weighted by Gasteiger charge is 2.23. The summed E-state index contributed by atoms with van der Waals surface area (Å²) in [5.74, 6) is -0.0204. The van der Waals surface area contributed by atoms with Crippen LogP contribution in [0.1, 0.15) is 35.6 Å². The summed E-state index contributed by atoms with van der Waals surface area (Å²) < 4.78 is 5.79. The zero-order chi connectivity index (χ0) is 33.3. The highest BCUT2D eigenvalue weighted by Crippen LogP contribution is 2.29. The van der Waals surface area contributed by atoms with Crippen LogP contribution in [0.25, 0.3) is 22.0 Å². The zero-order valence-electron chi connectivity index (χ0n) is 26.9. The van der Waals surface area contributed by atoms with Crippen LogP contribution in [0.5, 0.6) is 5.75 Å². The SMILES string of the molecule is O=C(Nc1ccccc1-c1ccccc1)OC1CCN(CCc2ccc(CCNC[C@@H](O)c3ccc(O)c4[nH]c(=O)ccc34)cc2)CC1. The second kappa shape index (κ2) is 15.8. The van der Waals surface area contributed by atoms with Crippen molar-refractivity contribution in [3.63, 3.8) is 0 Å². The van der Waals surface area contributed by atoms with Crippen LogP contribution in [0.2, 0.25) is 0 Å². The van der Waals surface area contributed by atoms with Gasteiger partial charge in [0.15, 0.2) is 0 Å². The fourth-order valence-corrected chi connectivity index (χ4v) is 6.29. The fourth-order valence-electron chi connectivity index (χ4n) is 6.29. The van der Waals surface area contributed by atoms with Crippen molar-refractivity contribution in [3.8, 4) is 16.9 Å². The van der Waals surface area contributed by atoms with Crippen LogP contribution in [0.4, 0.5) is 10.5 Å². The highest BCUT2D eigenvalue weighted by atomic mass is 16.6. The Morgan fingerprint density at radius 3 is 2.35 bits per heavy atom. The first-order chi connectivity index (χ1) is 23.4. The van der Waals surface area contributed by atoms with Gasteiger partial charge in [-0.2, -0.15) is 0 Å². The van der Waals surface area contributed by atoms with Crippen molar-refractivity contribution < 1.29 is 19.7 Å². The van der Waals surface area contributed by atoms with E-state index in [1.165, 1.54) is 23.3 Å². The van der Waals surface area contributed by atoms with Gasteiger partial charge in [0.2, 0.25) is 5.56 Å². The van der Waals surface area contributed by atoms with Gasteiger partial charge >= 0.3 is 6.09 Å². The van der Waals surface area contributed by atoms with Crippen molar-refractivity contribution in [2.75, 3.05) is 38.0 Å². The Morgan fingerprint density at radius 2 is 1.58 bits per heavy atom. The zero-order valence-corrected chi connectivity index (χ0v) is 26.9. The number of para-hydroxylation sites is 1. The van der Waals surface area contributed by atoms with Gasteiger partial charge in [0.05, 0.1) is 17.3 Å². The minimum Gasteiger partial charge on any atom is -0.506 e. The third-order valence-corrected chi connectivity index (χ3v) is 8.99. The van der Waals surface area contributed by atoms with Crippen molar-refractivity contribution in [2.24, 2.45) is 0 Å². The van der Waals surface area contributed by atoms with E-state index in [1.807, 2.05) is 54.6 Å². The summed E-state index contributed by atoms with van der Waals surface area (Å²) in [6.45, 7) is 3.81. The molecule has 5 N–H and O–H groups in total. The summed E-state index contributed by atoms with van der Waals surface area (Å²) in [7, 11) is 0. The molecule has 48 heavy (non-hydrogen) atoms. The molecule has 2 heterocycles. The van der Waals surface area contributed by atoms with Gasteiger partial charge in [0.1, 0.15) is 11.9 Å². The normalized spacial score (nSPS) is 14.5. The summed E-state index contributed by atoms with van der Waals surface area (Å²) in [6, 6.07) is 32.6. The number of ether oxygens (including phenoxy) is 1. The maximum Gasteiger partial charge on any atom is 0.411 e. The number of aromatic nitrogens is 1. The van der Waals surface area contributed by atoms with E-state index in [-0.39, 0.29) is 17.4 Å². The number of nitrogens with zero attached hydrogens (tertiary/aromatic N) is 1. The minimum absolute atomic E-state index is 0.0204. The molecule has 1 aromatic heterocycles. The number of piperidine rings is 1. The average molecular weight is 647 g/mol. The third-order valence-electron chi connectivity index (χ3n) is 8.99. The molecular weight excluding hydrogens is 604 g/mol. The number of rotatable bonds is 12. The first kappa shape index (κ1) is 33.0. The van der Waals surface area contributed by atoms with Crippen molar-refractivity contribution in [1.29, 1.82) is 0 Å². The Hall–Kier alpha value is -4.96. The van der Waals surface area contributed by atoms with E-state index in [2.05, 4.69) is 44.8 Å². The van der Waals surface area contributed by atoms with E-state index in [9.17, 15) is 19.8 Å². The summed E-state index contributed by atoms with van der Waals surface area (Å²) in [5.41, 5.74) is 5.94. The molecule has 248 valence electrons. The molecule has 0 unspecified atom stereocenters. The number of carbonyl (C=O) groups excluding carboxylic acids is 1. The van der Waals surface area contributed by atoms with Crippen molar-refractivity contribution >= 4 is 22.7 Å². The minimum atomic E-state index is -0.780. The maximum atomic E-state index is 12.7. The van der Waals surface area contributed by atoms with Crippen LogP contribution >= 0.6 is 0 Å². The number of hydrogen-bond donors (Lipinski definition) is 5. The van der Waals surface area contributed by atoms with Crippen molar-refractivity contribution in [1.82, 2.24) is 15.2 Å². The Bertz CT molecular complexity index is 1870. The van der Waals surface area contributed by atoms with Crippen molar-refractivity contribution in [2.45, 2.75) is 37.9 Å². The maximum absolute atomic E-state index is 12.7. The molecule has 1 aliphatic rings. The Balaban J connectivity index is 0.888. The first-order valence-corrected chi connectivity index (χ1v) is 16.6. The smallest absolute Gasteiger partial charge is 0.411 e. The van der Waals surface area contributed by atoms with Gasteiger partial charge in [-0.25, -0.2) is 4.79 Å². The molecule has 0 aliphatic carbocycles. The molecule has 1 saturated heterocycles. The van der Waals surface area contributed by atoms with Gasteiger partial charge in [0, 0.05) is 43.2 Å². The van der Waals surface area contributed by atoms with Crippen LogP contribution in [0, 0.1) is 0 Å². The fraction of sp³-hybridized carbons (Fsp3) is 0.282. The summed E-state index contributed by atoms with van der Waals surface area (Å²) >= 11 is 0. The Kier molecular flexibility index (Phi) is 10.8. The number of amides is 1. The number of nitrogens with one attached hydrogen (secondary N) is 3. The lowest BCUT2D eigenvalue weighted by Gasteiger charge is -2.31. The van der Waals surface area contributed by atoms with Crippen LogP contribution in [-0.4, -0.2) is 65.0 Å². The lowest BCUT2D eigenvalue weighted by Crippen LogP contribution is -2.39. The van der Waals surface area contributed by atoms with Crippen LogP contribution in [0.3, 0.4) is 0 Å². The van der Waals surface area contributed by atoms with Gasteiger partial charge in [-0.15, -0.1) is 0 Å². The number of H-pyrrole nitrogens is 1.